The summed E-state index contributed by atoms with van der Waals surface area (Å²) in [4.78, 5) is 16.2. The van der Waals surface area contributed by atoms with Crippen LogP contribution in [0.4, 0.5) is 5.69 Å². The summed E-state index contributed by atoms with van der Waals surface area (Å²) in [6, 6.07) is 20.9. The normalized spacial score (nSPS) is 11.8. The Balaban J connectivity index is 1.63. The van der Waals surface area contributed by atoms with E-state index in [1.165, 1.54) is 11.3 Å². The maximum atomic E-state index is 12.4. The fourth-order valence-corrected chi connectivity index (χ4v) is 3.60. The fraction of sp³-hybridized carbons (Fsp3) is 0.190. The number of thiophene rings is 1. The maximum absolute atomic E-state index is 12.4. The molecule has 0 saturated carbocycles. The van der Waals surface area contributed by atoms with E-state index in [9.17, 15) is 9.90 Å². The Hall–Kier alpha value is -2.63. The Morgan fingerprint density at radius 3 is 2.58 bits per heavy atom. The van der Waals surface area contributed by atoms with Crippen LogP contribution in [0.25, 0.3) is 0 Å². The van der Waals surface area contributed by atoms with E-state index in [0.717, 1.165) is 21.0 Å². The minimum atomic E-state index is -0.637. The van der Waals surface area contributed by atoms with Gasteiger partial charge in [0.05, 0.1) is 6.54 Å². The standard InChI is InChI=1S/C21H22N2O2S/c1-23(2)17-10-6-9-16(13-17)21(25)22-14-18-11-12-19(26-18)20(24)15-7-4-3-5-8-15/h3-13,20,24H,14H2,1-2H3,(H,22,25)/t20-/m1/s1. The van der Waals surface area contributed by atoms with E-state index < -0.39 is 6.10 Å². The lowest BCUT2D eigenvalue weighted by Crippen LogP contribution is -2.22. The van der Waals surface area contributed by atoms with Gasteiger partial charge in [-0.1, -0.05) is 36.4 Å². The molecule has 5 heteroatoms. The highest BCUT2D eigenvalue weighted by atomic mass is 32.1. The molecule has 3 rings (SSSR count). The predicted octanol–water partition coefficient (Wildman–Crippen LogP) is 3.83. The van der Waals surface area contributed by atoms with Crippen LogP contribution in [0.15, 0.2) is 66.7 Å². The van der Waals surface area contributed by atoms with Crippen LogP contribution in [-0.2, 0) is 6.54 Å². The van der Waals surface area contributed by atoms with Gasteiger partial charge in [-0.05, 0) is 35.9 Å². The molecule has 1 aromatic heterocycles. The summed E-state index contributed by atoms with van der Waals surface area (Å²) >= 11 is 1.51. The zero-order valence-corrected chi connectivity index (χ0v) is 15.7. The zero-order chi connectivity index (χ0) is 18.5. The Bertz CT molecular complexity index is 874. The zero-order valence-electron chi connectivity index (χ0n) is 14.8. The average molecular weight is 366 g/mol. The van der Waals surface area contributed by atoms with Crippen LogP contribution >= 0.6 is 11.3 Å². The topological polar surface area (TPSA) is 52.6 Å². The van der Waals surface area contributed by atoms with Crippen molar-refractivity contribution in [2.45, 2.75) is 12.6 Å². The molecular formula is C21H22N2O2S. The van der Waals surface area contributed by atoms with Crippen LogP contribution < -0.4 is 10.2 Å². The molecule has 134 valence electrons. The number of rotatable bonds is 6. The summed E-state index contributed by atoms with van der Waals surface area (Å²) in [6.07, 6.45) is -0.637. The van der Waals surface area contributed by atoms with Crippen molar-refractivity contribution in [3.05, 3.63) is 87.6 Å². The minimum absolute atomic E-state index is 0.104. The number of aliphatic hydroxyl groups is 1. The van der Waals surface area contributed by atoms with Crippen molar-refractivity contribution in [3.63, 3.8) is 0 Å². The van der Waals surface area contributed by atoms with Gasteiger partial charge in [0.25, 0.3) is 5.91 Å². The number of benzene rings is 2. The third-order valence-corrected chi connectivity index (χ3v) is 5.25. The first-order valence-corrected chi connectivity index (χ1v) is 9.23. The second kappa shape index (κ2) is 8.17. The lowest BCUT2D eigenvalue weighted by atomic mass is 10.1. The molecule has 1 atom stereocenters. The van der Waals surface area contributed by atoms with E-state index in [0.29, 0.717) is 12.1 Å². The van der Waals surface area contributed by atoms with Gasteiger partial charge in [0, 0.05) is 35.1 Å². The predicted molar refractivity (Wildman–Crippen MR) is 107 cm³/mol. The van der Waals surface area contributed by atoms with Crippen LogP contribution in [0.5, 0.6) is 0 Å². The van der Waals surface area contributed by atoms with Gasteiger partial charge in [-0.3, -0.25) is 4.79 Å². The molecule has 0 aliphatic heterocycles. The van der Waals surface area contributed by atoms with E-state index >= 15 is 0 Å². The molecule has 0 fully saturated rings. The van der Waals surface area contributed by atoms with Crippen molar-refractivity contribution >= 4 is 22.9 Å². The Morgan fingerprint density at radius 1 is 1.08 bits per heavy atom. The van der Waals surface area contributed by atoms with Crippen molar-refractivity contribution in [1.82, 2.24) is 5.32 Å². The van der Waals surface area contributed by atoms with Crippen molar-refractivity contribution in [2.75, 3.05) is 19.0 Å². The van der Waals surface area contributed by atoms with E-state index in [2.05, 4.69) is 5.32 Å². The van der Waals surface area contributed by atoms with Gasteiger partial charge in [-0.2, -0.15) is 0 Å². The summed E-state index contributed by atoms with van der Waals surface area (Å²) in [7, 11) is 3.89. The van der Waals surface area contributed by atoms with E-state index in [1.54, 1.807) is 6.07 Å². The fourth-order valence-electron chi connectivity index (χ4n) is 2.63. The first-order valence-electron chi connectivity index (χ1n) is 8.42. The molecule has 0 aliphatic rings. The summed E-state index contributed by atoms with van der Waals surface area (Å²) < 4.78 is 0. The molecule has 0 radical (unpaired) electrons. The summed E-state index contributed by atoms with van der Waals surface area (Å²) in [5, 5.41) is 13.4. The number of amides is 1. The molecule has 0 spiro atoms. The number of carbonyl (C=O) groups excluding carboxylic acids is 1. The van der Waals surface area contributed by atoms with E-state index in [-0.39, 0.29) is 5.91 Å². The highest BCUT2D eigenvalue weighted by Gasteiger charge is 2.13. The number of anilines is 1. The summed E-state index contributed by atoms with van der Waals surface area (Å²) in [6.45, 7) is 0.442. The SMILES string of the molecule is CN(C)c1cccc(C(=O)NCc2ccc([C@H](O)c3ccccc3)s2)c1. The average Bonchev–Trinajstić information content (AvgIpc) is 3.15. The van der Waals surface area contributed by atoms with Crippen LogP contribution in [0.1, 0.15) is 31.8 Å². The second-order valence-corrected chi connectivity index (χ2v) is 7.44. The van der Waals surface area contributed by atoms with Gasteiger partial charge >= 0.3 is 0 Å². The van der Waals surface area contributed by atoms with Crippen molar-refractivity contribution in [1.29, 1.82) is 0 Å². The molecule has 2 N–H and O–H groups in total. The van der Waals surface area contributed by atoms with E-state index in [1.807, 2.05) is 79.7 Å². The number of hydrogen-bond donors (Lipinski definition) is 2. The summed E-state index contributed by atoms with van der Waals surface area (Å²) in [5.41, 5.74) is 2.49. The third kappa shape index (κ3) is 4.31. The molecule has 0 unspecified atom stereocenters. The Kier molecular flexibility index (Phi) is 5.71. The van der Waals surface area contributed by atoms with Gasteiger partial charge in [0.15, 0.2) is 0 Å². The minimum Gasteiger partial charge on any atom is -0.383 e. The third-order valence-electron chi connectivity index (χ3n) is 4.12. The molecule has 1 heterocycles. The molecule has 0 saturated heterocycles. The van der Waals surface area contributed by atoms with Crippen molar-refractivity contribution in [2.24, 2.45) is 0 Å². The van der Waals surface area contributed by atoms with Crippen molar-refractivity contribution < 1.29 is 9.90 Å². The van der Waals surface area contributed by atoms with Gasteiger partial charge in [0.1, 0.15) is 6.10 Å². The van der Waals surface area contributed by atoms with Crippen LogP contribution in [-0.4, -0.2) is 25.1 Å². The number of aliphatic hydroxyl groups excluding tert-OH is 1. The highest BCUT2D eigenvalue weighted by Crippen LogP contribution is 2.28. The van der Waals surface area contributed by atoms with Gasteiger partial charge in [0.2, 0.25) is 0 Å². The Morgan fingerprint density at radius 2 is 1.85 bits per heavy atom. The number of hydrogen-bond acceptors (Lipinski definition) is 4. The van der Waals surface area contributed by atoms with Gasteiger partial charge in [-0.15, -0.1) is 11.3 Å². The van der Waals surface area contributed by atoms with Crippen LogP contribution in [0, 0.1) is 0 Å². The molecule has 26 heavy (non-hydrogen) atoms. The first kappa shape index (κ1) is 18.2. The quantitative estimate of drug-likeness (QED) is 0.697. The lowest BCUT2D eigenvalue weighted by molar-refractivity contribution is 0.0951. The molecule has 1 amide bonds. The van der Waals surface area contributed by atoms with Crippen molar-refractivity contribution in [3.8, 4) is 0 Å². The number of carbonyl (C=O) groups is 1. The summed E-state index contributed by atoms with van der Waals surface area (Å²) in [5.74, 6) is -0.104. The van der Waals surface area contributed by atoms with Gasteiger partial charge < -0.3 is 15.3 Å². The second-order valence-electron chi connectivity index (χ2n) is 6.24. The molecule has 0 aliphatic carbocycles. The Labute approximate surface area is 157 Å². The van der Waals surface area contributed by atoms with E-state index in [4.69, 9.17) is 0 Å². The lowest BCUT2D eigenvalue weighted by Gasteiger charge is -2.13. The van der Waals surface area contributed by atoms with Crippen LogP contribution in [0.2, 0.25) is 0 Å². The first-order chi connectivity index (χ1) is 12.5. The molecular weight excluding hydrogens is 344 g/mol. The van der Waals surface area contributed by atoms with Crippen LogP contribution in [0.3, 0.4) is 0 Å². The largest absolute Gasteiger partial charge is 0.383 e. The maximum Gasteiger partial charge on any atom is 0.251 e. The number of nitrogens with zero attached hydrogens (tertiary/aromatic N) is 1. The smallest absolute Gasteiger partial charge is 0.251 e. The highest BCUT2D eigenvalue weighted by molar-refractivity contribution is 7.12. The molecule has 2 aromatic carbocycles. The monoisotopic (exact) mass is 366 g/mol. The molecule has 0 bridgehead atoms. The molecule has 4 nitrogen and oxygen atoms in total. The molecule has 3 aromatic rings. The number of nitrogens with one attached hydrogen (secondary N) is 1. The van der Waals surface area contributed by atoms with Gasteiger partial charge in [-0.25, -0.2) is 0 Å².